The van der Waals surface area contributed by atoms with E-state index in [1.54, 1.807) is 0 Å². The summed E-state index contributed by atoms with van der Waals surface area (Å²) in [6.07, 6.45) is -3.79. The fourth-order valence-corrected chi connectivity index (χ4v) is 3.10. The SMILES string of the molecule is O=C(O)CCC(Cc1ccccc1)NC(=O)N1CCC(C(F)(F)F)CC1. The van der Waals surface area contributed by atoms with E-state index in [0.29, 0.717) is 6.42 Å². The van der Waals surface area contributed by atoms with Crippen LogP contribution in [-0.2, 0) is 11.2 Å². The third kappa shape index (κ3) is 6.24. The van der Waals surface area contributed by atoms with Crippen molar-refractivity contribution in [1.29, 1.82) is 0 Å². The Labute approximate surface area is 150 Å². The number of nitrogens with zero attached hydrogens (tertiary/aromatic N) is 1. The summed E-state index contributed by atoms with van der Waals surface area (Å²) in [7, 11) is 0. The molecule has 8 heteroatoms. The standard InChI is InChI=1S/C18H23F3N2O3/c19-18(20,21)14-8-10-23(11-9-14)17(26)22-15(6-7-16(24)25)12-13-4-2-1-3-5-13/h1-5,14-15H,6-12H2,(H,22,26)(H,24,25). The molecule has 1 heterocycles. The first-order chi connectivity index (χ1) is 12.3. The van der Waals surface area contributed by atoms with Gasteiger partial charge in [-0.3, -0.25) is 4.79 Å². The number of carboxylic acid groups (broad SMARTS) is 1. The highest BCUT2D eigenvalue weighted by atomic mass is 19.4. The molecule has 0 saturated carbocycles. The normalized spacial score (nSPS) is 17.0. The lowest BCUT2D eigenvalue weighted by atomic mass is 9.96. The summed E-state index contributed by atoms with van der Waals surface area (Å²) in [5, 5.41) is 11.7. The first kappa shape index (κ1) is 20.1. The van der Waals surface area contributed by atoms with Crippen molar-refractivity contribution in [2.75, 3.05) is 13.1 Å². The number of amides is 2. The number of benzene rings is 1. The van der Waals surface area contributed by atoms with Crippen LogP contribution >= 0.6 is 0 Å². The van der Waals surface area contributed by atoms with Gasteiger partial charge in [0.05, 0.1) is 5.92 Å². The molecule has 1 unspecified atom stereocenters. The number of carbonyl (C=O) groups excluding carboxylic acids is 1. The average molecular weight is 372 g/mol. The molecule has 1 aromatic carbocycles. The molecule has 1 aliphatic heterocycles. The van der Waals surface area contributed by atoms with Gasteiger partial charge in [0.2, 0.25) is 0 Å². The Morgan fingerprint density at radius 2 is 1.81 bits per heavy atom. The monoisotopic (exact) mass is 372 g/mol. The molecule has 2 amide bonds. The lowest BCUT2D eigenvalue weighted by molar-refractivity contribution is -0.183. The minimum absolute atomic E-state index is 0.0486. The Morgan fingerprint density at radius 1 is 1.19 bits per heavy atom. The van der Waals surface area contributed by atoms with E-state index in [-0.39, 0.29) is 44.8 Å². The van der Waals surface area contributed by atoms with E-state index in [0.717, 1.165) is 5.56 Å². The number of halogens is 3. The zero-order valence-electron chi connectivity index (χ0n) is 14.3. The number of alkyl halides is 3. The van der Waals surface area contributed by atoms with Gasteiger partial charge in [0.25, 0.3) is 0 Å². The van der Waals surface area contributed by atoms with Crippen molar-refractivity contribution in [2.45, 2.75) is 44.3 Å². The summed E-state index contributed by atoms with van der Waals surface area (Å²) in [5.41, 5.74) is 0.957. The summed E-state index contributed by atoms with van der Waals surface area (Å²) in [5.74, 6) is -2.32. The van der Waals surface area contributed by atoms with E-state index in [4.69, 9.17) is 5.11 Å². The van der Waals surface area contributed by atoms with Crippen molar-refractivity contribution >= 4 is 12.0 Å². The van der Waals surface area contributed by atoms with Crippen LogP contribution in [-0.4, -0.2) is 47.3 Å². The van der Waals surface area contributed by atoms with Crippen molar-refractivity contribution in [3.8, 4) is 0 Å². The van der Waals surface area contributed by atoms with E-state index in [1.165, 1.54) is 4.90 Å². The van der Waals surface area contributed by atoms with E-state index in [1.807, 2.05) is 30.3 Å². The number of aliphatic carboxylic acids is 1. The number of urea groups is 1. The Kier molecular flexibility index (Phi) is 6.88. The van der Waals surface area contributed by atoms with Gasteiger partial charge < -0.3 is 15.3 Å². The molecule has 5 nitrogen and oxygen atoms in total. The van der Waals surface area contributed by atoms with Gasteiger partial charge in [-0.25, -0.2) is 4.79 Å². The van der Waals surface area contributed by atoms with Crippen LogP contribution in [0.25, 0.3) is 0 Å². The van der Waals surface area contributed by atoms with Gasteiger partial charge in [0.15, 0.2) is 0 Å². The number of piperidine rings is 1. The van der Waals surface area contributed by atoms with E-state index < -0.39 is 24.1 Å². The largest absolute Gasteiger partial charge is 0.481 e. The molecule has 26 heavy (non-hydrogen) atoms. The number of rotatable bonds is 6. The zero-order chi connectivity index (χ0) is 19.2. The maximum atomic E-state index is 12.7. The fraction of sp³-hybridized carbons (Fsp3) is 0.556. The molecule has 0 aliphatic carbocycles. The lowest BCUT2D eigenvalue weighted by Gasteiger charge is -2.34. The predicted octanol–water partition coefficient (Wildman–Crippen LogP) is 3.45. The maximum absolute atomic E-state index is 12.7. The minimum atomic E-state index is -4.22. The van der Waals surface area contributed by atoms with Crippen molar-refractivity contribution in [1.82, 2.24) is 10.2 Å². The van der Waals surface area contributed by atoms with Gasteiger partial charge in [0.1, 0.15) is 0 Å². The van der Waals surface area contributed by atoms with E-state index >= 15 is 0 Å². The highest BCUT2D eigenvalue weighted by molar-refractivity contribution is 5.75. The highest BCUT2D eigenvalue weighted by Gasteiger charge is 2.41. The third-order valence-corrected chi connectivity index (χ3v) is 4.60. The summed E-state index contributed by atoms with van der Waals surface area (Å²) in [6.45, 7) is 0.0972. The number of carboxylic acids is 1. The van der Waals surface area contributed by atoms with Crippen molar-refractivity contribution in [3.63, 3.8) is 0 Å². The van der Waals surface area contributed by atoms with Crippen LogP contribution in [0.5, 0.6) is 0 Å². The van der Waals surface area contributed by atoms with Crippen LogP contribution in [0.2, 0.25) is 0 Å². The van der Waals surface area contributed by atoms with Crippen molar-refractivity contribution in [2.24, 2.45) is 5.92 Å². The summed E-state index contributed by atoms with van der Waals surface area (Å²) < 4.78 is 38.2. The predicted molar refractivity (Wildman–Crippen MR) is 89.7 cm³/mol. The van der Waals surface area contributed by atoms with Crippen LogP contribution < -0.4 is 5.32 Å². The third-order valence-electron chi connectivity index (χ3n) is 4.60. The van der Waals surface area contributed by atoms with Gasteiger partial charge in [-0.2, -0.15) is 13.2 Å². The van der Waals surface area contributed by atoms with E-state index in [9.17, 15) is 22.8 Å². The van der Waals surface area contributed by atoms with Crippen LogP contribution in [0.3, 0.4) is 0 Å². The smallest absolute Gasteiger partial charge is 0.391 e. The zero-order valence-corrected chi connectivity index (χ0v) is 14.3. The first-order valence-electron chi connectivity index (χ1n) is 8.63. The summed E-state index contributed by atoms with van der Waals surface area (Å²) in [6, 6.07) is 8.52. The van der Waals surface area contributed by atoms with Gasteiger partial charge in [-0.05, 0) is 31.2 Å². The second kappa shape index (κ2) is 8.91. The van der Waals surface area contributed by atoms with E-state index in [2.05, 4.69) is 5.32 Å². The molecule has 1 saturated heterocycles. The van der Waals surface area contributed by atoms with Crippen LogP contribution in [0, 0.1) is 5.92 Å². The minimum Gasteiger partial charge on any atom is -0.481 e. The van der Waals surface area contributed by atoms with Crippen LogP contribution in [0.1, 0.15) is 31.2 Å². The molecule has 0 bridgehead atoms. The van der Waals surface area contributed by atoms with Crippen LogP contribution in [0.15, 0.2) is 30.3 Å². The number of likely N-dealkylation sites (tertiary alicyclic amines) is 1. The fourth-order valence-electron chi connectivity index (χ4n) is 3.10. The lowest BCUT2D eigenvalue weighted by Crippen LogP contribution is -2.49. The molecule has 1 aliphatic rings. The number of hydrogen-bond donors (Lipinski definition) is 2. The number of carbonyl (C=O) groups is 2. The van der Waals surface area contributed by atoms with Gasteiger partial charge >= 0.3 is 18.2 Å². The molecule has 2 rings (SSSR count). The Morgan fingerprint density at radius 3 is 2.35 bits per heavy atom. The quantitative estimate of drug-likeness (QED) is 0.804. The number of hydrogen-bond acceptors (Lipinski definition) is 2. The molecule has 144 valence electrons. The Hall–Kier alpha value is -2.25. The average Bonchev–Trinajstić information content (AvgIpc) is 2.60. The van der Waals surface area contributed by atoms with Crippen molar-refractivity contribution < 1.29 is 27.9 Å². The second-order valence-corrected chi connectivity index (χ2v) is 6.57. The molecule has 2 N–H and O–H groups in total. The van der Waals surface area contributed by atoms with Crippen molar-refractivity contribution in [3.05, 3.63) is 35.9 Å². The molecular formula is C18H23F3N2O3. The van der Waals surface area contributed by atoms with Gasteiger partial charge in [-0.15, -0.1) is 0 Å². The number of nitrogens with one attached hydrogen (secondary N) is 1. The van der Waals surface area contributed by atoms with Gasteiger partial charge in [-0.1, -0.05) is 30.3 Å². The Balaban J connectivity index is 1.92. The molecule has 1 fully saturated rings. The first-order valence-corrected chi connectivity index (χ1v) is 8.63. The second-order valence-electron chi connectivity index (χ2n) is 6.57. The topological polar surface area (TPSA) is 69.6 Å². The molecular weight excluding hydrogens is 349 g/mol. The maximum Gasteiger partial charge on any atom is 0.391 e. The van der Waals surface area contributed by atoms with Crippen LogP contribution in [0.4, 0.5) is 18.0 Å². The highest BCUT2D eigenvalue weighted by Crippen LogP contribution is 2.34. The molecule has 0 radical (unpaired) electrons. The molecule has 0 aromatic heterocycles. The molecule has 1 aromatic rings. The van der Waals surface area contributed by atoms with Gasteiger partial charge in [0, 0.05) is 25.6 Å². The molecule has 1 atom stereocenters. The summed E-state index contributed by atoms with van der Waals surface area (Å²) in [4.78, 5) is 24.6. The molecule has 0 spiro atoms. The summed E-state index contributed by atoms with van der Waals surface area (Å²) >= 11 is 0. The Bertz CT molecular complexity index is 599.